The third-order valence-corrected chi connectivity index (χ3v) is 5.70. The standard InChI is InChI=1S/C15H21F3N4O3S.HI/c1-25-13-4-2-3-12(9-13)21-14(19)20-10-11-5-7-22(8-6-11)26(23,24)15(16,17)18;/h2-4,9,11H,5-8,10H2,1H3,(H3,19,20,21);1H. The number of sulfonamides is 1. The highest BCUT2D eigenvalue weighted by atomic mass is 127. The highest BCUT2D eigenvalue weighted by molar-refractivity contribution is 14.0. The van der Waals surface area contributed by atoms with Crippen LogP contribution in [0.25, 0.3) is 0 Å². The number of anilines is 1. The predicted octanol–water partition coefficient (Wildman–Crippen LogP) is 2.60. The number of nitrogens with zero attached hydrogens (tertiary/aromatic N) is 2. The van der Waals surface area contributed by atoms with Crippen LogP contribution in [0.5, 0.6) is 5.75 Å². The first-order valence-electron chi connectivity index (χ1n) is 7.91. The van der Waals surface area contributed by atoms with Crippen LogP contribution in [0.15, 0.2) is 29.3 Å². The topological polar surface area (TPSA) is 97.0 Å². The number of hydrogen-bond acceptors (Lipinski definition) is 4. The number of alkyl halides is 3. The molecule has 0 unspecified atom stereocenters. The average molecular weight is 522 g/mol. The van der Waals surface area contributed by atoms with E-state index < -0.39 is 15.5 Å². The minimum absolute atomic E-state index is 0. The van der Waals surface area contributed by atoms with Gasteiger partial charge in [0, 0.05) is 31.4 Å². The van der Waals surface area contributed by atoms with Crippen molar-refractivity contribution in [1.82, 2.24) is 4.31 Å². The van der Waals surface area contributed by atoms with Gasteiger partial charge in [-0.1, -0.05) is 6.07 Å². The number of ether oxygens (including phenoxy) is 1. The number of guanidine groups is 1. The fraction of sp³-hybridized carbons (Fsp3) is 0.533. The van der Waals surface area contributed by atoms with Crippen LogP contribution in [-0.2, 0) is 10.0 Å². The van der Waals surface area contributed by atoms with Gasteiger partial charge in [0.05, 0.1) is 7.11 Å². The van der Waals surface area contributed by atoms with Gasteiger partial charge in [0.1, 0.15) is 5.75 Å². The summed E-state index contributed by atoms with van der Waals surface area (Å²) in [4.78, 5) is 4.19. The summed E-state index contributed by atoms with van der Waals surface area (Å²) in [5, 5.41) is 2.90. The van der Waals surface area contributed by atoms with Crippen molar-refractivity contribution in [3.05, 3.63) is 24.3 Å². The second kappa shape index (κ2) is 9.78. The van der Waals surface area contributed by atoms with E-state index in [9.17, 15) is 21.6 Å². The molecule has 0 aromatic heterocycles. The molecule has 27 heavy (non-hydrogen) atoms. The Hall–Kier alpha value is -1.28. The van der Waals surface area contributed by atoms with Crippen LogP contribution in [0.2, 0.25) is 0 Å². The van der Waals surface area contributed by atoms with Gasteiger partial charge < -0.3 is 15.8 Å². The number of aliphatic imine (C=N–C) groups is 1. The molecule has 1 aromatic carbocycles. The van der Waals surface area contributed by atoms with Gasteiger partial charge in [0.25, 0.3) is 0 Å². The Morgan fingerprint density at radius 3 is 2.56 bits per heavy atom. The highest BCUT2D eigenvalue weighted by Gasteiger charge is 2.50. The Balaban J connectivity index is 0.00000364. The van der Waals surface area contributed by atoms with Crippen LogP contribution in [0, 0.1) is 5.92 Å². The van der Waals surface area contributed by atoms with Gasteiger partial charge in [-0.2, -0.15) is 17.5 Å². The Labute approximate surface area is 173 Å². The minimum atomic E-state index is -5.26. The summed E-state index contributed by atoms with van der Waals surface area (Å²) in [6, 6.07) is 7.08. The molecule has 0 radical (unpaired) electrons. The lowest BCUT2D eigenvalue weighted by Gasteiger charge is -2.30. The maximum Gasteiger partial charge on any atom is 0.511 e. The Morgan fingerprint density at radius 1 is 1.37 bits per heavy atom. The number of methoxy groups -OCH3 is 1. The Kier molecular flexibility index (Phi) is 8.60. The zero-order chi connectivity index (χ0) is 19.4. The summed E-state index contributed by atoms with van der Waals surface area (Å²) >= 11 is 0. The monoisotopic (exact) mass is 522 g/mol. The smallest absolute Gasteiger partial charge is 0.497 e. The predicted molar refractivity (Wildman–Crippen MR) is 108 cm³/mol. The van der Waals surface area contributed by atoms with E-state index in [0.717, 1.165) is 0 Å². The molecule has 1 saturated heterocycles. The summed E-state index contributed by atoms with van der Waals surface area (Å²) in [7, 11) is -3.71. The van der Waals surface area contributed by atoms with E-state index in [1.807, 2.05) is 0 Å². The van der Waals surface area contributed by atoms with Crippen molar-refractivity contribution < 1.29 is 26.3 Å². The van der Waals surface area contributed by atoms with Crippen molar-refractivity contribution in [1.29, 1.82) is 0 Å². The van der Waals surface area contributed by atoms with Crippen LogP contribution in [0.3, 0.4) is 0 Å². The third-order valence-electron chi connectivity index (χ3n) is 4.07. The molecule has 12 heteroatoms. The molecule has 1 aliphatic heterocycles. The van der Waals surface area contributed by atoms with Crippen molar-refractivity contribution in [2.24, 2.45) is 16.6 Å². The van der Waals surface area contributed by atoms with Crippen molar-refractivity contribution in [2.45, 2.75) is 18.3 Å². The molecular weight excluding hydrogens is 500 g/mol. The van der Waals surface area contributed by atoms with E-state index in [1.54, 1.807) is 31.4 Å². The average Bonchev–Trinajstić information content (AvgIpc) is 2.59. The third kappa shape index (κ3) is 6.38. The summed E-state index contributed by atoms with van der Waals surface area (Å²) < 4.78 is 65.9. The first kappa shape index (κ1) is 23.8. The summed E-state index contributed by atoms with van der Waals surface area (Å²) in [5.74, 6) is 0.796. The van der Waals surface area contributed by atoms with Gasteiger partial charge in [-0.3, -0.25) is 4.99 Å². The molecule has 0 bridgehead atoms. The lowest BCUT2D eigenvalue weighted by molar-refractivity contribution is -0.0496. The van der Waals surface area contributed by atoms with Crippen molar-refractivity contribution in [2.75, 3.05) is 32.1 Å². The molecule has 7 nitrogen and oxygen atoms in total. The van der Waals surface area contributed by atoms with Gasteiger partial charge in [0.2, 0.25) is 0 Å². The van der Waals surface area contributed by atoms with Crippen LogP contribution in [-0.4, -0.2) is 50.9 Å². The Morgan fingerprint density at radius 2 is 2.00 bits per heavy atom. The first-order chi connectivity index (χ1) is 12.1. The summed E-state index contributed by atoms with van der Waals surface area (Å²) in [5.41, 5.74) is 1.24. The Bertz CT molecular complexity index is 751. The molecule has 1 aromatic rings. The first-order valence-corrected chi connectivity index (χ1v) is 9.35. The molecule has 0 saturated carbocycles. The normalized spacial score (nSPS) is 17.3. The molecule has 1 fully saturated rings. The molecule has 0 spiro atoms. The number of piperidine rings is 1. The summed E-state index contributed by atoms with van der Waals surface area (Å²) in [6.45, 7) is -0.0425. The van der Waals surface area contributed by atoms with E-state index in [4.69, 9.17) is 10.5 Å². The maximum atomic E-state index is 12.5. The molecule has 2 rings (SSSR count). The van der Waals surface area contributed by atoms with E-state index in [0.29, 0.717) is 35.1 Å². The van der Waals surface area contributed by atoms with E-state index in [2.05, 4.69) is 10.3 Å². The number of rotatable bonds is 5. The fourth-order valence-corrected chi connectivity index (χ4v) is 3.58. The van der Waals surface area contributed by atoms with Gasteiger partial charge >= 0.3 is 15.5 Å². The fourth-order valence-electron chi connectivity index (χ4n) is 2.59. The van der Waals surface area contributed by atoms with E-state index >= 15 is 0 Å². The van der Waals surface area contributed by atoms with E-state index in [-0.39, 0.29) is 48.9 Å². The molecule has 1 heterocycles. The molecule has 0 atom stereocenters. The van der Waals surface area contributed by atoms with Gasteiger partial charge in [-0.15, -0.1) is 24.0 Å². The van der Waals surface area contributed by atoms with Crippen molar-refractivity contribution in [3.8, 4) is 5.75 Å². The number of benzene rings is 1. The van der Waals surface area contributed by atoms with Crippen molar-refractivity contribution in [3.63, 3.8) is 0 Å². The minimum Gasteiger partial charge on any atom is -0.497 e. The number of nitrogens with two attached hydrogens (primary N) is 1. The lowest BCUT2D eigenvalue weighted by Crippen LogP contribution is -2.45. The highest BCUT2D eigenvalue weighted by Crippen LogP contribution is 2.30. The lowest BCUT2D eigenvalue weighted by atomic mass is 9.98. The quantitative estimate of drug-likeness (QED) is 0.352. The van der Waals surface area contributed by atoms with Gasteiger partial charge in [-0.05, 0) is 30.9 Å². The van der Waals surface area contributed by atoms with Gasteiger partial charge in [0.15, 0.2) is 5.96 Å². The van der Waals surface area contributed by atoms with Crippen LogP contribution < -0.4 is 15.8 Å². The number of hydrogen-bond donors (Lipinski definition) is 2. The van der Waals surface area contributed by atoms with Crippen LogP contribution in [0.4, 0.5) is 18.9 Å². The largest absolute Gasteiger partial charge is 0.511 e. The van der Waals surface area contributed by atoms with E-state index in [1.165, 1.54) is 0 Å². The van der Waals surface area contributed by atoms with Crippen LogP contribution >= 0.6 is 24.0 Å². The molecular formula is C15H22F3IN4O3S. The second-order valence-corrected chi connectivity index (χ2v) is 7.81. The molecule has 154 valence electrons. The van der Waals surface area contributed by atoms with Crippen LogP contribution in [0.1, 0.15) is 12.8 Å². The van der Waals surface area contributed by atoms with Gasteiger partial charge in [-0.25, -0.2) is 8.42 Å². The maximum absolute atomic E-state index is 12.5. The SMILES string of the molecule is COc1cccc(NC(N)=NCC2CCN(S(=O)(=O)C(F)(F)F)CC2)c1.I. The summed E-state index contributed by atoms with van der Waals surface area (Å²) in [6.07, 6.45) is 0.594. The van der Waals surface area contributed by atoms with Crippen molar-refractivity contribution >= 4 is 45.6 Å². The molecule has 0 amide bonds. The molecule has 1 aliphatic rings. The zero-order valence-corrected chi connectivity index (χ0v) is 17.7. The molecule has 0 aliphatic carbocycles. The number of halogens is 4. The second-order valence-electron chi connectivity index (χ2n) is 5.88. The number of nitrogens with one attached hydrogen (secondary N) is 1. The molecule has 3 N–H and O–H groups in total. The zero-order valence-electron chi connectivity index (χ0n) is 14.6.